The number of benzene rings is 1. The van der Waals surface area contributed by atoms with Crippen LogP contribution in [-0.2, 0) is 4.79 Å². The molecule has 0 aliphatic heterocycles. The molecule has 0 spiro atoms. The summed E-state index contributed by atoms with van der Waals surface area (Å²) in [5, 5.41) is 12.3. The molecule has 29 heavy (non-hydrogen) atoms. The molecule has 1 aliphatic rings. The van der Waals surface area contributed by atoms with Gasteiger partial charge in [-0.25, -0.2) is 4.39 Å². The summed E-state index contributed by atoms with van der Waals surface area (Å²) in [6.45, 7) is 3.93. The van der Waals surface area contributed by atoms with Gasteiger partial charge in [0, 0.05) is 11.7 Å². The van der Waals surface area contributed by atoms with Gasteiger partial charge in [-0.05, 0) is 65.0 Å². The number of thioether (sulfide) groups is 1. The van der Waals surface area contributed by atoms with Crippen LogP contribution in [0.15, 0.2) is 29.4 Å². The third-order valence-corrected chi connectivity index (χ3v) is 6.54. The maximum atomic E-state index is 13.4. The van der Waals surface area contributed by atoms with Gasteiger partial charge in [0.2, 0.25) is 5.91 Å². The molecule has 1 aromatic heterocycles. The van der Waals surface area contributed by atoms with E-state index in [1.54, 1.807) is 12.1 Å². The Morgan fingerprint density at radius 1 is 1.17 bits per heavy atom. The third kappa shape index (κ3) is 5.36. The first-order chi connectivity index (χ1) is 13.9. The molecular weight excluding hydrogens is 389 g/mol. The van der Waals surface area contributed by atoms with Gasteiger partial charge in [-0.3, -0.25) is 14.3 Å². The molecule has 0 bridgehead atoms. The van der Waals surface area contributed by atoms with Gasteiger partial charge in [-0.1, -0.05) is 31.0 Å². The van der Waals surface area contributed by atoms with Crippen LogP contribution in [0.2, 0.25) is 0 Å². The van der Waals surface area contributed by atoms with E-state index in [1.807, 2.05) is 37.4 Å². The van der Waals surface area contributed by atoms with Crippen LogP contribution >= 0.6 is 11.8 Å². The van der Waals surface area contributed by atoms with E-state index < -0.39 is 0 Å². The van der Waals surface area contributed by atoms with E-state index in [9.17, 15) is 9.18 Å². The second-order valence-corrected chi connectivity index (χ2v) is 9.20. The Balaban J connectivity index is 1.82. The summed E-state index contributed by atoms with van der Waals surface area (Å²) in [7, 11) is 3.95. The molecule has 3 rings (SSSR count). The SMILES string of the molecule is C[C@H](Sc1nnc([C@H](C)N(C)C)n1-c1ccc(F)cc1)C(=O)NC1CCCCC1. The molecule has 0 saturated heterocycles. The van der Waals surface area contributed by atoms with Gasteiger partial charge in [0.05, 0.1) is 11.3 Å². The number of nitrogens with one attached hydrogen (secondary N) is 1. The van der Waals surface area contributed by atoms with Crippen molar-refractivity contribution in [2.45, 2.75) is 68.4 Å². The summed E-state index contributed by atoms with van der Waals surface area (Å²) in [6, 6.07) is 6.55. The number of nitrogens with zero attached hydrogens (tertiary/aromatic N) is 4. The number of hydrogen-bond acceptors (Lipinski definition) is 5. The van der Waals surface area contributed by atoms with Crippen molar-refractivity contribution in [1.29, 1.82) is 0 Å². The molecule has 1 amide bonds. The van der Waals surface area contributed by atoms with Crippen LogP contribution in [0.25, 0.3) is 5.69 Å². The summed E-state index contributed by atoms with van der Waals surface area (Å²) in [5.74, 6) is 0.486. The molecule has 158 valence electrons. The molecular formula is C21H30FN5OS. The fourth-order valence-corrected chi connectivity index (χ4v) is 4.35. The maximum absolute atomic E-state index is 13.4. The molecule has 1 N–H and O–H groups in total. The van der Waals surface area contributed by atoms with Crippen molar-refractivity contribution in [3.63, 3.8) is 0 Å². The largest absolute Gasteiger partial charge is 0.352 e. The van der Waals surface area contributed by atoms with Crippen LogP contribution < -0.4 is 5.32 Å². The molecule has 1 saturated carbocycles. The topological polar surface area (TPSA) is 63.1 Å². The Kier molecular flexibility index (Phi) is 7.29. The van der Waals surface area contributed by atoms with Crippen molar-refractivity contribution < 1.29 is 9.18 Å². The van der Waals surface area contributed by atoms with Crippen molar-refractivity contribution in [3.05, 3.63) is 35.9 Å². The minimum Gasteiger partial charge on any atom is -0.352 e. The summed E-state index contributed by atoms with van der Waals surface area (Å²) in [4.78, 5) is 14.7. The van der Waals surface area contributed by atoms with E-state index in [4.69, 9.17) is 0 Å². The van der Waals surface area contributed by atoms with Crippen LogP contribution in [-0.4, -0.2) is 51.0 Å². The second-order valence-electron chi connectivity index (χ2n) is 7.90. The van der Waals surface area contributed by atoms with Gasteiger partial charge in [-0.15, -0.1) is 10.2 Å². The van der Waals surface area contributed by atoms with Gasteiger partial charge in [-0.2, -0.15) is 0 Å². The Labute approximate surface area is 176 Å². The quantitative estimate of drug-likeness (QED) is 0.689. The van der Waals surface area contributed by atoms with E-state index in [0.29, 0.717) is 5.16 Å². The van der Waals surface area contributed by atoms with Crippen molar-refractivity contribution >= 4 is 17.7 Å². The van der Waals surface area contributed by atoms with E-state index in [-0.39, 0.29) is 29.1 Å². The van der Waals surface area contributed by atoms with Crippen LogP contribution in [0.4, 0.5) is 4.39 Å². The monoisotopic (exact) mass is 419 g/mol. The summed E-state index contributed by atoms with van der Waals surface area (Å²) in [5.41, 5.74) is 0.780. The van der Waals surface area contributed by atoms with Crippen LogP contribution in [0.1, 0.15) is 57.8 Å². The molecule has 0 radical (unpaired) electrons. The predicted octanol–water partition coefficient (Wildman–Crippen LogP) is 3.96. The Hall–Kier alpha value is -1.93. The summed E-state index contributed by atoms with van der Waals surface area (Å²) >= 11 is 1.38. The lowest BCUT2D eigenvalue weighted by Gasteiger charge is -2.24. The first kappa shape index (κ1) is 21.8. The normalized spacial score (nSPS) is 17.3. The standard InChI is InChI=1S/C21H30FN5OS/c1-14(26(3)4)19-24-25-21(27(19)18-12-10-16(22)11-13-18)29-15(2)20(28)23-17-8-6-5-7-9-17/h10-15,17H,5-9H2,1-4H3,(H,23,28)/t14-,15-/m0/s1. The molecule has 0 unspecified atom stereocenters. The first-order valence-electron chi connectivity index (χ1n) is 10.2. The Morgan fingerprint density at radius 3 is 2.45 bits per heavy atom. The average molecular weight is 420 g/mol. The highest BCUT2D eigenvalue weighted by Crippen LogP contribution is 2.29. The smallest absolute Gasteiger partial charge is 0.233 e. The number of aromatic nitrogens is 3. The fourth-order valence-electron chi connectivity index (χ4n) is 3.47. The zero-order chi connectivity index (χ0) is 21.0. The van der Waals surface area contributed by atoms with Crippen molar-refractivity contribution in [2.24, 2.45) is 0 Å². The average Bonchev–Trinajstić information content (AvgIpc) is 3.12. The van der Waals surface area contributed by atoms with Crippen molar-refractivity contribution in [1.82, 2.24) is 25.0 Å². The first-order valence-corrected chi connectivity index (χ1v) is 11.1. The zero-order valence-electron chi connectivity index (χ0n) is 17.6. The van der Waals surface area contributed by atoms with Gasteiger partial charge >= 0.3 is 0 Å². The van der Waals surface area contributed by atoms with Crippen LogP contribution in [0, 0.1) is 5.82 Å². The Morgan fingerprint density at radius 2 is 1.83 bits per heavy atom. The van der Waals surface area contributed by atoms with Gasteiger partial charge in [0.1, 0.15) is 5.82 Å². The fraction of sp³-hybridized carbons (Fsp3) is 0.571. The molecule has 6 nitrogen and oxygen atoms in total. The summed E-state index contributed by atoms with van der Waals surface area (Å²) < 4.78 is 15.4. The lowest BCUT2D eigenvalue weighted by Crippen LogP contribution is -2.40. The second kappa shape index (κ2) is 9.71. The predicted molar refractivity (Wildman–Crippen MR) is 114 cm³/mol. The Bertz CT molecular complexity index is 817. The number of hydrogen-bond donors (Lipinski definition) is 1. The molecule has 1 fully saturated rings. The lowest BCUT2D eigenvalue weighted by atomic mass is 9.95. The molecule has 2 aromatic rings. The third-order valence-electron chi connectivity index (χ3n) is 5.49. The zero-order valence-corrected chi connectivity index (χ0v) is 18.4. The highest BCUT2D eigenvalue weighted by molar-refractivity contribution is 8.00. The van der Waals surface area contributed by atoms with Crippen LogP contribution in [0.3, 0.4) is 0 Å². The molecule has 8 heteroatoms. The van der Waals surface area contributed by atoms with E-state index in [1.165, 1.54) is 43.2 Å². The van der Waals surface area contributed by atoms with Gasteiger partial charge < -0.3 is 5.32 Å². The number of carbonyl (C=O) groups is 1. The number of amides is 1. The molecule has 1 heterocycles. The minimum atomic E-state index is -0.303. The molecule has 1 aromatic carbocycles. The highest BCUT2D eigenvalue weighted by atomic mass is 32.2. The van der Waals surface area contributed by atoms with Crippen molar-refractivity contribution in [3.8, 4) is 5.69 Å². The number of halogens is 1. The van der Waals surface area contributed by atoms with E-state index >= 15 is 0 Å². The number of rotatable bonds is 7. The van der Waals surface area contributed by atoms with Crippen LogP contribution in [0.5, 0.6) is 0 Å². The molecule has 2 atom stereocenters. The molecule has 1 aliphatic carbocycles. The highest BCUT2D eigenvalue weighted by Gasteiger charge is 2.25. The lowest BCUT2D eigenvalue weighted by molar-refractivity contribution is -0.121. The van der Waals surface area contributed by atoms with Gasteiger partial charge in [0.15, 0.2) is 11.0 Å². The van der Waals surface area contributed by atoms with E-state index in [0.717, 1.165) is 24.4 Å². The van der Waals surface area contributed by atoms with E-state index in [2.05, 4.69) is 15.5 Å². The maximum Gasteiger partial charge on any atom is 0.233 e. The summed E-state index contributed by atoms with van der Waals surface area (Å²) in [6.07, 6.45) is 5.72. The minimum absolute atomic E-state index is 0.00766. The van der Waals surface area contributed by atoms with Gasteiger partial charge in [0.25, 0.3) is 0 Å². The van der Waals surface area contributed by atoms with Crippen molar-refractivity contribution in [2.75, 3.05) is 14.1 Å². The number of carbonyl (C=O) groups excluding carboxylic acids is 1.